The van der Waals surface area contributed by atoms with Crippen molar-refractivity contribution in [2.75, 3.05) is 7.05 Å². The highest BCUT2D eigenvalue weighted by Gasteiger charge is 2.00. The van der Waals surface area contributed by atoms with Crippen LogP contribution in [0.5, 0.6) is 0 Å². The maximum Gasteiger partial charge on any atom is 0.188 e. The summed E-state index contributed by atoms with van der Waals surface area (Å²) in [6.07, 6.45) is 0. The van der Waals surface area contributed by atoms with Gasteiger partial charge in [-0.05, 0) is 17.7 Å². The summed E-state index contributed by atoms with van der Waals surface area (Å²) in [5, 5.41) is 7.89. The Morgan fingerprint density at radius 2 is 1.80 bits per heavy atom. The lowest BCUT2D eigenvalue weighted by Crippen LogP contribution is -2.32. The maximum absolute atomic E-state index is 7.17. The van der Waals surface area contributed by atoms with Crippen LogP contribution < -0.4 is 5.73 Å². The number of nitrogens with zero attached hydrogens (tertiary/aromatic N) is 1. The highest BCUT2D eigenvalue weighted by molar-refractivity contribution is 6.30. The van der Waals surface area contributed by atoms with E-state index < -0.39 is 0 Å². The second-order valence-corrected chi connectivity index (χ2v) is 3.30. The quantitative estimate of drug-likeness (QED) is 0.603. The van der Waals surface area contributed by atoms with Gasteiger partial charge in [-0.2, -0.15) is 0 Å². The molecule has 0 unspecified atom stereocenters. The van der Waals surface area contributed by atoms with Crippen LogP contribution in [0.2, 0.25) is 5.02 Å². The van der Waals surface area contributed by atoms with E-state index in [9.17, 15) is 0 Å². The molecular formula is C11H18ClN3. The molecule has 4 heteroatoms. The van der Waals surface area contributed by atoms with Crippen LogP contribution in [0.25, 0.3) is 0 Å². The summed E-state index contributed by atoms with van der Waals surface area (Å²) in [4.78, 5) is 1.66. The van der Waals surface area contributed by atoms with Crippen molar-refractivity contribution in [1.29, 1.82) is 5.41 Å². The van der Waals surface area contributed by atoms with Crippen molar-refractivity contribution < 1.29 is 0 Å². The monoisotopic (exact) mass is 227 g/mol. The van der Waals surface area contributed by atoms with Crippen LogP contribution in [0.3, 0.4) is 0 Å². The molecule has 0 atom stereocenters. The number of nitrogens with two attached hydrogens (primary N) is 1. The van der Waals surface area contributed by atoms with Crippen molar-refractivity contribution in [3.63, 3.8) is 0 Å². The Morgan fingerprint density at radius 3 is 2.20 bits per heavy atom. The van der Waals surface area contributed by atoms with E-state index in [-0.39, 0.29) is 5.96 Å². The average molecular weight is 228 g/mol. The molecule has 84 valence electrons. The molecule has 0 spiro atoms. The zero-order valence-corrected chi connectivity index (χ0v) is 10.2. The van der Waals surface area contributed by atoms with Gasteiger partial charge in [0.2, 0.25) is 0 Å². The molecule has 1 rings (SSSR count). The van der Waals surface area contributed by atoms with Crippen molar-refractivity contribution in [2.45, 2.75) is 20.4 Å². The van der Waals surface area contributed by atoms with Gasteiger partial charge in [-0.25, -0.2) is 0 Å². The van der Waals surface area contributed by atoms with Crippen LogP contribution in [0.1, 0.15) is 19.4 Å². The fourth-order valence-electron chi connectivity index (χ4n) is 0.949. The largest absolute Gasteiger partial charge is 0.370 e. The fourth-order valence-corrected chi connectivity index (χ4v) is 1.07. The maximum atomic E-state index is 7.17. The Bertz CT molecular complexity index is 295. The van der Waals surface area contributed by atoms with Crippen LogP contribution in [-0.4, -0.2) is 17.9 Å². The van der Waals surface area contributed by atoms with E-state index in [1.807, 2.05) is 38.1 Å². The van der Waals surface area contributed by atoms with Gasteiger partial charge in [0.25, 0.3) is 0 Å². The number of rotatable bonds is 2. The highest BCUT2D eigenvalue weighted by atomic mass is 35.5. The molecule has 3 N–H and O–H groups in total. The Balaban J connectivity index is 0.000000921. The fraction of sp³-hybridized carbons (Fsp3) is 0.364. The third kappa shape index (κ3) is 5.27. The lowest BCUT2D eigenvalue weighted by Gasteiger charge is -2.16. The van der Waals surface area contributed by atoms with E-state index >= 15 is 0 Å². The van der Waals surface area contributed by atoms with Crippen LogP contribution in [0, 0.1) is 5.41 Å². The summed E-state index contributed by atoms with van der Waals surface area (Å²) in [5.74, 6) is 0.0648. The average Bonchev–Trinajstić information content (AvgIpc) is 2.24. The first-order chi connectivity index (χ1) is 7.09. The summed E-state index contributed by atoms with van der Waals surface area (Å²) in [6, 6.07) is 7.49. The van der Waals surface area contributed by atoms with E-state index in [1.54, 1.807) is 11.9 Å². The zero-order valence-electron chi connectivity index (χ0n) is 9.42. The Kier molecular flexibility index (Phi) is 6.54. The van der Waals surface area contributed by atoms with Crippen molar-refractivity contribution in [3.8, 4) is 0 Å². The summed E-state index contributed by atoms with van der Waals surface area (Å²) >= 11 is 5.73. The molecule has 0 heterocycles. The van der Waals surface area contributed by atoms with Gasteiger partial charge < -0.3 is 10.6 Å². The molecule has 15 heavy (non-hydrogen) atoms. The summed E-state index contributed by atoms with van der Waals surface area (Å²) < 4.78 is 0. The minimum atomic E-state index is 0.0648. The van der Waals surface area contributed by atoms with Gasteiger partial charge in [0.15, 0.2) is 5.96 Å². The SMILES string of the molecule is CC.CN(Cc1ccc(Cl)cc1)C(=N)N. The minimum absolute atomic E-state index is 0.0648. The van der Waals surface area contributed by atoms with E-state index in [4.69, 9.17) is 22.7 Å². The minimum Gasteiger partial charge on any atom is -0.370 e. The third-order valence-corrected chi connectivity index (χ3v) is 2.00. The Hall–Kier alpha value is -1.22. The van der Waals surface area contributed by atoms with E-state index in [2.05, 4.69) is 0 Å². The lowest BCUT2D eigenvalue weighted by molar-refractivity contribution is 0.491. The summed E-state index contributed by atoms with van der Waals surface area (Å²) in [7, 11) is 1.77. The molecule has 0 aliphatic carbocycles. The van der Waals surface area contributed by atoms with E-state index in [1.165, 1.54) is 0 Å². The molecule has 1 aromatic carbocycles. The molecule has 0 saturated carbocycles. The molecule has 0 saturated heterocycles. The van der Waals surface area contributed by atoms with Crippen molar-refractivity contribution in [2.24, 2.45) is 5.73 Å². The second-order valence-electron chi connectivity index (χ2n) is 2.87. The molecule has 3 nitrogen and oxygen atoms in total. The van der Waals surface area contributed by atoms with Crippen molar-refractivity contribution in [3.05, 3.63) is 34.9 Å². The van der Waals surface area contributed by atoms with Gasteiger partial charge in [-0.1, -0.05) is 37.6 Å². The number of guanidine groups is 1. The van der Waals surface area contributed by atoms with Crippen molar-refractivity contribution >= 4 is 17.6 Å². The third-order valence-electron chi connectivity index (χ3n) is 1.74. The predicted octanol–water partition coefficient (Wildman–Crippen LogP) is 2.69. The molecule has 0 amide bonds. The Labute approximate surface area is 96.4 Å². The molecule has 0 aliphatic rings. The smallest absolute Gasteiger partial charge is 0.188 e. The van der Waals surface area contributed by atoms with Crippen LogP contribution in [0.15, 0.2) is 24.3 Å². The summed E-state index contributed by atoms with van der Waals surface area (Å²) in [6.45, 7) is 4.63. The number of hydrogen-bond acceptors (Lipinski definition) is 1. The number of benzene rings is 1. The van der Waals surface area contributed by atoms with Gasteiger partial charge in [-0.15, -0.1) is 0 Å². The zero-order chi connectivity index (χ0) is 11.8. The first-order valence-corrected chi connectivity index (χ1v) is 5.27. The lowest BCUT2D eigenvalue weighted by atomic mass is 10.2. The van der Waals surface area contributed by atoms with Crippen LogP contribution in [0.4, 0.5) is 0 Å². The van der Waals surface area contributed by atoms with Gasteiger partial charge >= 0.3 is 0 Å². The normalized spacial score (nSPS) is 8.80. The number of nitrogens with one attached hydrogen (secondary N) is 1. The van der Waals surface area contributed by atoms with Gasteiger partial charge in [0.1, 0.15) is 0 Å². The topological polar surface area (TPSA) is 53.1 Å². The van der Waals surface area contributed by atoms with E-state index in [0.29, 0.717) is 11.6 Å². The molecule has 0 aliphatic heterocycles. The first kappa shape index (κ1) is 13.8. The number of halogens is 1. The van der Waals surface area contributed by atoms with Gasteiger partial charge in [0, 0.05) is 18.6 Å². The molecule has 0 radical (unpaired) electrons. The Morgan fingerprint density at radius 1 is 1.33 bits per heavy atom. The standard InChI is InChI=1S/C9H12ClN3.C2H6/c1-13(9(11)12)6-7-2-4-8(10)5-3-7;1-2/h2-5H,6H2,1H3,(H3,11,12);1-2H3. The summed E-state index contributed by atoms with van der Waals surface area (Å²) in [5.41, 5.74) is 6.38. The molecule has 0 aromatic heterocycles. The first-order valence-electron chi connectivity index (χ1n) is 4.89. The molecule has 0 bridgehead atoms. The predicted molar refractivity (Wildman–Crippen MR) is 66.2 cm³/mol. The van der Waals surface area contributed by atoms with Crippen molar-refractivity contribution in [1.82, 2.24) is 4.90 Å². The molecule has 1 aromatic rings. The molecule has 0 fully saturated rings. The van der Waals surface area contributed by atoms with Crippen LogP contribution in [-0.2, 0) is 6.54 Å². The highest BCUT2D eigenvalue weighted by Crippen LogP contribution is 2.10. The molecular weight excluding hydrogens is 210 g/mol. The van der Waals surface area contributed by atoms with E-state index in [0.717, 1.165) is 5.56 Å². The second kappa shape index (κ2) is 7.12. The van der Waals surface area contributed by atoms with Gasteiger partial charge in [0.05, 0.1) is 0 Å². The number of hydrogen-bond donors (Lipinski definition) is 2. The van der Waals surface area contributed by atoms with Crippen LogP contribution >= 0.6 is 11.6 Å². The van der Waals surface area contributed by atoms with Gasteiger partial charge in [-0.3, -0.25) is 5.41 Å².